The molecule has 0 bridgehead atoms. The normalized spacial score (nSPS) is 23.1. The zero-order chi connectivity index (χ0) is 13.3. The standard InChI is InChI=1S/C11H15N3O4/c1-11(10(16)17)3-4-14(5-11)8-7(18-2)9(15)13-6-12-8/h6H,3-5H2,1-2H3,(H,16,17)(H,12,13,15). The Bertz CT molecular complexity index is 527. The minimum absolute atomic E-state index is 0.118. The van der Waals surface area contributed by atoms with E-state index in [9.17, 15) is 14.7 Å². The minimum Gasteiger partial charge on any atom is -0.489 e. The van der Waals surface area contributed by atoms with E-state index in [1.54, 1.807) is 11.8 Å². The summed E-state index contributed by atoms with van der Waals surface area (Å²) in [6.07, 6.45) is 1.80. The van der Waals surface area contributed by atoms with Gasteiger partial charge in [-0.2, -0.15) is 0 Å². The Hall–Kier alpha value is -2.05. The first-order valence-corrected chi connectivity index (χ1v) is 5.58. The van der Waals surface area contributed by atoms with Crippen LogP contribution in [0.15, 0.2) is 11.1 Å². The Kier molecular flexibility index (Phi) is 2.98. The van der Waals surface area contributed by atoms with Crippen molar-refractivity contribution in [2.24, 2.45) is 5.41 Å². The maximum Gasteiger partial charge on any atom is 0.311 e. The lowest BCUT2D eigenvalue weighted by atomic mass is 9.90. The van der Waals surface area contributed by atoms with Crippen molar-refractivity contribution in [1.82, 2.24) is 9.97 Å². The molecule has 7 heteroatoms. The summed E-state index contributed by atoms with van der Waals surface area (Å²) < 4.78 is 5.02. The van der Waals surface area contributed by atoms with E-state index in [1.807, 2.05) is 0 Å². The smallest absolute Gasteiger partial charge is 0.311 e. The number of ether oxygens (including phenoxy) is 1. The average molecular weight is 253 g/mol. The summed E-state index contributed by atoms with van der Waals surface area (Å²) in [7, 11) is 1.39. The van der Waals surface area contributed by atoms with Gasteiger partial charge >= 0.3 is 5.97 Å². The van der Waals surface area contributed by atoms with Gasteiger partial charge in [-0.3, -0.25) is 9.59 Å². The lowest BCUT2D eigenvalue weighted by Crippen LogP contribution is -2.32. The first-order chi connectivity index (χ1) is 8.48. The van der Waals surface area contributed by atoms with Crippen LogP contribution >= 0.6 is 0 Å². The number of rotatable bonds is 3. The second-order valence-corrected chi connectivity index (χ2v) is 4.63. The first-order valence-electron chi connectivity index (χ1n) is 5.58. The molecule has 0 aromatic carbocycles. The van der Waals surface area contributed by atoms with Crippen LogP contribution in [0.2, 0.25) is 0 Å². The molecule has 0 radical (unpaired) electrons. The number of nitrogens with zero attached hydrogens (tertiary/aromatic N) is 2. The van der Waals surface area contributed by atoms with Crippen LogP contribution in [-0.2, 0) is 4.79 Å². The zero-order valence-corrected chi connectivity index (χ0v) is 10.3. The number of aromatic amines is 1. The van der Waals surface area contributed by atoms with Crippen LogP contribution < -0.4 is 15.2 Å². The topological polar surface area (TPSA) is 95.5 Å². The van der Waals surface area contributed by atoms with Gasteiger partial charge in [-0.05, 0) is 13.3 Å². The Labute approximate surface area is 103 Å². The van der Waals surface area contributed by atoms with Gasteiger partial charge in [-0.1, -0.05) is 0 Å². The SMILES string of the molecule is COc1c(N2CCC(C)(C(=O)O)C2)nc[nH]c1=O. The van der Waals surface area contributed by atoms with Gasteiger partial charge < -0.3 is 19.7 Å². The third-order valence-electron chi connectivity index (χ3n) is 3.29. The number of carbonyl (C=O) groups is 1. The number of anilines is 1. The molecule has 1 aliphatic rings. The van der Waals surface area contributed by atoms with E-state index in [-0.39, 0.29) is 11.3 Å². The number of carboxylic acid groups (broad SMARTS) is 1. The molecular weight excluding hydrogens is 238 g/mol. The fourth-order valence-electron chi connectivity index (χ4n) is 2.10. The zero-order valence-electron chi connectivity index (χ0n) is 10.3. The number of aromatic nitrogens is 2. The van der Waals surface area contributed by atoms with Crippen LogP contribution in [0.3, 0.4) is 0 Å². The lowest BCUT2D eigenvalue weighted by Gasteiger charge is -2.21. The minimum atomic E-state index is -0.839. The maximum absolute atomic E-state index is 11.6. The van der Waals surface area contributed by atoms with E-state index in [1.165, 1.54) is 13.4 Å². The molecule has 1 saturated heterocycles. The molecule has 0 saturated carbocycles. The highest BCUT2D eigenvalue weighted by atomic mass is 16.5. The van der Waals surface area contributed by atoms with Crippen LogP contribution in [0.1, 0.15) is 13.3 Å². The van der Waals surface area contributed by atoms with Crippen molar-refractivity contribution < 1.29 is 14.6 Å². The van der Waals surface area contributed by atoms with Gasteiger partial charge in [0.1, 0.15) is 0 Å². The lowest BCUT2D eigenvalue weighted by molar-refractivity contribution is -0.146. The molecule has 98 valence electrons. The van der Waals surface area contributed by atoms with Crippen molar-refractivity contribution in [3.63, 3.8) is 0 Å². The number of nitrogens with one attached hydrogen (secondary N) is 1. The molecule has 0 spiro atoms. The third-order valence-corrected chi connectivity index (χ3v) is 3.29. The highest BCUT2D eigenvalue weighted by Crippen LogP contribution is 2.34. The second-order valence-electron chi connectivity index (χ2n) is 4.63. The quantitative estimate of drug-likeness (QED) is 0.792. The summed E-state index contributed by atoms with van der Waals surface area (Å²) in [6, 6.07) is 0. The Balaban J connectivity index is 2.33. The van der Waals surface area contributed by atoms with E-state index >= 15 is 0 Å². The third kappa shape index (κ3) is 1.92. The number of carboxylic acids is 1. The van der Waals surface area contributed by atoms with Crippen molar-refractivity contribution >= 4 is 11.8 Å². The van der Waals surface area contributed by atoms with Gasteiger partial charge in [0.05, 0.1) is 18.9 Å². The molecule has 1 aliphatic heterocycles. The Morgan fingerprint density at radius 1 is 1.67 bits per heavy atom. The predicted octanol–water partition coefficient (Wildman–Crippen LogP) is 0.0795. The van der Waals surface area contributed by atoms with Gasteiger partial charge in [0.25, 0.3) is 5.56 Å². The van der Waals surface area contributed by atoms with Crippen molar-refractivity contribution in [1.29, 1.82) is 0 Å². The van der Waals surface area contributed by atoms with Crippen LogP contribution in [0.25, 0.3) is 0 Å². The first kappa shape index (κ1) is 12.4. The predicted molar refractivity (Wildman–Crippen MR) is 64.0 cm³/mol. The molecular formula is C11H15N3O4. The van der Waals surface area contributed by atoms with Gasteiger partial charge in [0.15, 0.2) is 5.82 Å². The monoisotopic (exact) mass is 253 g/mol. The van der Waals surface area contributed by atoms with E-state index in [0.717, 1.165) is 0 Å². The van der Waals surface area contributed by atoms with E-state index in [4.69, 9.17) is 4.74 Å². The summed E-state index contributed by atoms with van der Waals surface area (Å²) >= 11 is 0. The van der Waals surface area contributed by atoms with E-state index in [0.29, 0.717) is 25.3 Å². The summed E-state index contributed by atoms with van der Waals surface area (Å²) in [6.45, 7) is 2.54. The molecule has 2 rings (SSSR count). The number of hydrogen-bond donors (Lipinski definition) is 2. The van der Waals surface area contributed by atoms with Crippen LogP contribution in [0, 0.1) is 5.41 Å². The highest BCUT2D eigenvalue weighted by molar-refractivity contribution is 5.76. The summed E-state index contributed by atoms with van der Waals surface area (Å²) in [5.74, 6) is -0.327. The second kappa shape index (κ2) is 4.32. The molecule has 1 unspecified atom stereocenters. The van der Waals surface area contributed by atoms with Gasteiger partial charge in [0.2, 0.25) is 5.75 Å². The van der Waals surface area contributed by atoms with Gasteiger partial charge in [-0.15, -0.1) is 0 Å². The van der Waals surface area contributed by atoms with Crippen molar-refractivity contribution in [2.45, 2.75) is 13.3 Å². The molecule has 7 nitrogen and oxygen atoms in total. The summed E-state index contributed by atoms with van der Waals surface area (Å²) in [5.41, 5.74) is -1.18. The Morgan fingerprint density at radius 2 is 2.39 bits per heavy atom. The summed E-state index contributed by atoms with van der Waals surface area (Å²) in [4.78, 5) is 31.0. The molecule has 2 heterocycles. The Morgan fingerprint density at radius 3 is 2.94 bits per heavy atom. The van der Waals surface area contributed by atoms with Gasteiger partial charge in [-0.25, -0.2) is 4.98 Å². The number of aliphatic carboxylic acids is 1. The molecule has 18 heavy (non-hydrogen) atoms. The maximum atomic E-state index is 11.6. The number of hydrogen-bond acceptors (Lipinski definition) is 5. The molecule has 0 amide bonds. The molecule has 2 N–H and O–H groups in total. The van der Waals surface area contributed by atoms with E-state index in [2.05, 4.69) is 9.97 Å². The molecule has 1 fully saturated rings. The van der Waals surface area contributed by atoms with Crippen LogP contribution in [0.4, 0.5) is 5.82 Å². The molecule has 1 atom stereocenters. The van der Waals surface area contributed by atoms with Crippen molar-refractivity contribution in [2.75, 3.05) is 25.1 Å². The largest absolute Gasteiger partial charge is 0.489 e. The highest BCUT2D eigenvalue weighted by Gasteiger charge is 2.41. The molecule has 0 aliphatic carbocycles. The molecule has 1 aromatic rings. The van der Waals surface area contributed by atoms with Gasteiger partial charge in [0, 0.05) is 13.1 Å². The van der Waals surface area contributed by atoms with Crippen molar-refractivity contribution in [3.8, 4) is 5.75 Å². The average Bonchev–Trinajstić information content (AvgIpc) is 2.73. The molecule has 1 aromatic heterocycles. The van der Waals surface area contributed by atoms with E-state index < -0.39 is 11.4 Å². The number of H-pyrrole nitrogens is 1. The number of methoxy groups -OCH3 is 1. The fourth-order valence-corrected chi connectivity index (χ4v) is 2.10. The summed E-state index contributed by atoms with van der Waals surface area (Å²) in [5, 5.41) is 9.17. The van der Waals surface area contributed by atoms with Crippen LogP contribution in [-0.4, -0.2) is 41.2 Å². The fraction of sp³-hybridized carbons (Fsp3) is 0.545. The van der Waals surface area contributed by atoms with Crippen LogP contribution in [0.5, 0.6) is 5.75 Å². The van der Waals surface area contributed by atoms with Crippen molar-refractivity contribution in [3.05, 3.63) is 16.7 Å².